The highest BCUT2D eigenvalue weighted by molar-refractivity contribution is 6.00. The summed E-state index contributed by atoms with van der Waals surface area (Å²) in [7, 11) is 0. The van der Waals surface area contributed by atoms with Crippen molar-refractivity contribution in [3.63, 3.8) is 0 Å². The van der Waals surface area contributed by atoms with Crippen LogP contribution in [0.25, 0.3) is 0 Å². The van der Waals surface area contributed by atoms with Crippen molar-refractivity contribution in [2.75, 3.05) is 23.4 Å². The predicted octanol–water partition coefficient (Wildman–Crippen LogP) is 1.85. The van der Waals surface area contributed by atoms with Crippen molar-refractivity contribution in [1.82, 2.24) is 0 Å². The maximum atomic E-state index is 12.0. The zero-order valence-corrected chi connectivity index (χ0v) is 15.0. The van der Waals surface area contributed by atoms with E-state index in [1.165, 1.54) is 4.90 Å². The van der Waals surface area contributed by atoms with Gasteiger partial charge in [0.1, 0.15) is 5.75 Å². The van der Waals surface area contributed by atoms with E-state index in [0.29, 0.717) is 11.4 Å². The average molecular weight is 367 g/mol. The minimum absolute atomic E-state index is 0.125. The van der Waals surface area contributed by atoms with Crippen molar-refractivity contribution in [2.45, 2.75) is 13.3 Å². The molecule has 1 fully saturated rings. The van der Waals surface area contributed by atoms with Crippen LogP contribution in [0.1, 0.15) is 12.0 Å². The number of nitrogens with zero attached hydrogens (tertiary/aromatic N) is 1. The van der Waals surface area contributed by atoms with Gasteiger partial charge in [0.05, 0.1) is 5.92 Å². The fraction of sp³-hybridized carbons (Fsp3) is 0.250. The molecule has 0 bridgehead atoms. The van der Waals surface area contributed by atoms with Gasteiger partial charge in [0.25, 0.3) is 5.91 Å². The monoisotopic (exact) mass is 367 g/mol. The van der Waals surface area contributed by atoms with Crippen molar-refractivity contribution in [1.29, 1.82) is 0 Å². The van der Waals surface area contributed by atoms with E-state index in [2.05, 4.69) is 5.32 Å². The first-order valence-corrected chi connectivity index (χ1v) is 8.61. The van der Waals surface area contributed by atoms with Gasteiger partial charge in [-0.1, -0.05) is 12.1 Å². The lowest BCUT2D eigenvalue weighted by molar-refractivity contribution is -0.123. The summed E-state index contributed by atoms with van der Waals surface area (Å²) in [6, 6.07) is 14.3. The maximum absolute atomic E-state index is 12.0. The number of hydrogen-bond acceptors (Lipinski definition) is 4. The summed E-state index contributed by atoms with van der Waals surface area (Å²) in [5.74, 6) is -0.811. The lowest BCUT2D eigenvalue weighted by atomic mass is 10.1. The summed E-state index contributed by atoms with van der Waals surface area (Å²) < 4.78 is 5.48. The number of amides is 3. The molecule has 0 aromatic heterocycles. The van der Waals surface area contributed by atoms with E-state index in [0.717, 1.165) is 11.3 Å². The Morgan fingerprint density at radius 2 is 1.96 bits per heavy atom. The molecule has 2 aromatic rings. The van der Waals surface area contributed by atoms with Gasteiger partial charge in [-0.25, -0.2) is 0 Å². The number of nitrogens with two attached hydrogens (primary N) is 1. The van der Waals surface area contributed by atoms with Crippen molar-refractivity contribution >= 4 is 29.1 Å². The summed E-state index contributed by atoms with van der Waals surface area (Å²) in [4.78, 5) is 36.8. The molecule has 3 amide bonds. The summed E-state index contributed by atoms with van der Waals surface area (Å²) in [6.07, 6.45) is 0.132. The van der Waals surface area contributed by atoms with Gasteiger partial charge in [0.15, 0.2) is 6.61 Å². The predicted molar refractivity (Wildman–Crippen MR) is 101 cm³/mol. The fourth-order valence-electron chi connectivity index (χ4n) is 2.94. The average Bonchev–Trinajstić information content (AvgIpc) is 3.02. The van der Waals surface area contributed by atoms with E-state index in [1.54, 1.807) is 24.3 Å². The molecule has 1 saturated heterocycles. The van der Waals surface area contributed by atoms with Gasteiger partial charge in [0.2, 0.25) is 11.8 Å². The van der Waals surface area contributed by atoms with Crippen LogP contribution in [0.2, 0.25) is 0 Å². The molecule has 0 spiro atoms. The molecule has 0 aliphatic carbocycles. The Kier molecular flexibility index (Phi) is 5.40. The first-order chi connectivity index (χ1) is 12.9. The van der Waals surface area contributed by atoms with E-state index in [-0.39, 0.29) is 31.4 Å². The molecule has 2 aromatic carbocycles. The zero-order valence-electron chi connectivity index (χ0n) is 15.0. The third-order valence-corrected chi connectivity index (χ3v) is 4.35. The lowest BCUT2D eigenvalue weighted by Gasteiger charge is -2.16. The number of benzene rings is 2. The SMILES string of the molecule is Cc1cccc(NC(=O)COc2ccc(N3CC(C(N)=O)CC3=O)cc2)c1. The summed E-state index contributed by atoms with van der Waals surface area (Å²) in [5.41, 5.74) is 7.72. The summed E-state index contributed by atoms with van der Waals surface area (Å²) >= 11 is 0. The van der Waals surface area contributed by atoms with Crippen LogP contribution < -0.4 is 20.7 Å². The van der Waals surface area contributed by atoms with Gasteiger partial charge in [-0.05, 0) is 48.9 Å². The zero-order chi connectivity index (χ0) is 19.4. The second-order valence-corrected chi connectivity index (χ2v) is 6.51. The summed E-state index contributed by atoms with van der Waals surface area (Å²) in [5, 5.41) is 2.77. The van der Waals surface area contributed by atoms with Gasteiger partial charge in [-0.3, -0.25) is 14.4 Å². The van der Waals surface area contributed by atoms with Gasteiger partial charge < -0.3 is 20.7 Å². The number of carbonyl (C=O) groups excluding carboxylic acids is 3. The van der Waals surface area contributed by atoms with E-state index in [4.69, 9.17) is 10.5 Å². The van der Waals surface area contributed by atoms with Gasteiger partial charge in [-0.15, -0.1) is 0 Å². The van der Waals surface area contributed by atoms with Crippen LogP contribution >= 0.6 is 0 Å². The standard InChI is InChI=1S/C20H21N3O4/c1-13-3-2-4-15(9-13)22-18(24)12-27-17-7-5-16(6-8-17)23-11-14(20(21)26)10-19(23)25/h2-9,14H,10-12H2,1H3,(H2,21,26)(H,22,24). The van der Waals surface area contributed by atoms with Crippen LogP contribution in [-0.4, -0.2) is 30.9 Å². The molecular formula is C20H21N3O4. The molecule has 0 saturated carbocycles. The highest BCUT2D eigenvalue weighted by Crippen LogP contribution is 2.26. The van der Waals surface area contributed by atoms with Crippen LogP contribution in [0.3, 0.4) is 0 Å². The quantitative estimate of drug-likeness (QED) is 0.813. The van der Waals surface area contributed by atoms with Gasteiger partial charge in [-0.2, -0.15) is 0 Å². The maximum Gasteiger partial charge on any atom is 0.262 e. The minimum atomic E-state index is -0.467. The third-order valence-electron chi connectivity index (χ3n) is 4.35. The minimum Gasteiger partial charge on any atom is -0.484 e. The second kappa shape index (κ2) is 7.90. The smallest absolute Gasteiger partial charge is 0.262 e. The number of aryl methyl sites for hydroxylation is 1. The molecule has 7 nitrogen and oxygen atoms in total. The van der Waals surface area contributed by atoms with Crippen molar-refractivity contribution in [3.8, 4) is 5.75 Å². The first kappa shape index (κ1) is 18.4. The molecular weight excluding hydrogens is 346 g/mol. The van der Waals surface area contributed by atoms with E-state index in [9.17, 15) is 14.4 Å². The molecule has 7 heteroatoms. The third kappa shape index (κ3) is 4.63. The van der Waals surface area contributed by atoms with Crippen LogP contribution in [0.15, 0.2) is 48.5 Å². The van der Waals surface area contributed by atoms with E-state index >= 15 is 0 Å². The molecule has 1 aliphatic heterocycles. The Morgan fingerprint density at radius 3 is 2.59 bits per heavy atom. The molecule has 27 heavy (non-hydrogen) atoms. The fourth-order valence-corrected chi connectivity index (χ4v) is 2.94. The lowest BCUT2D eigenvalue weighted by Crippen LogP contribution is -2.28. The number of ether oxygens (including phenoxy) is 1. The molecule has 1 aliphatic rings. The first-order valence-electron chi connectivity index (χ1n) is 8.61. The van der Waals surface area contributed by atoms with Crippen molar-refractivity contribution < 1.29 is 19.1 Å². The number of rotatable bonds is 6. The topological polar surface area (TPSA) is 102 Å². The number of carbonyl (C=O) groups is 3. The van der Waals surface area contributed by atoms with Crippen molar-refractivity contribution in [3.05, 3.63) is 54.1 Å². The van der Waals surface area contributed by atoms with Crippen LogP contribution in [-0.2, 0) is 14.4 Å². The Hall–Kier alpha value is -3.35. The highest BCUT2D eigenvalue weighted by Gasteiger charge is 2.33. The van der Waals surface area contributed by atoms with Crippen LogP contribution in [0.4, 0.5) is 11.4 Å². The number of anilines is 2. The summed E-state index contributed by atoms with van der Waals surface area (Å²) in [6.45, 7) is 2.11. The molecule has 0 radical (unpaired) electrons. The van der Waals surface area contributed by atoms with E-state index in [1.807, 2.05) is 31.2 Å². The Balaban J connectivity index is 1.54. The molecule has 140 valence electrons. The van der Waals surface area contributed by atoms with Crippen LogP contribution in [0.5, 0.6) is 5.75 Å². The molecule has 1 unspecified atom stereocenters. The highest BCUT2D eigenvalue weighted by atomic mass is 16.5. The normalized spacial score (nSPS) is 16.3. The number of nitrogens with one attached hydrogen (secondary N) is 1. The number of hydrogen-bond donors (Lipinski definition) is 2. The Labute approximate surface area is 157 Å². The van der Waals surface area contributed by atoms with Crippen molar-refractivity contribution in [2.24, 2.45) is 11.7 Å². The number of primary amides is 1. The molecule has 3 rings (SSSR count). The molecule has 3 N–H and O–H groups in total. The van der Waals surface area contributed by atoms with Gasteiger partial charge in [0, 0.05) is 24.3 Å². The Bertz CT molecular complexity index is 864. The largest absolute Gasteiger partial charge is 0.484 e. The Morgan fingerprint density at radius 1 is 1.22 bits per heavy atom. The van der Waals surface area contributed by atoms with E-state index < -0.39 is 11.8 Å². The molecule has 1 heterocycles. The molecule has 1 atom stereocenters. The van der Waals surface area contributed by atoms with Crippen LogP contribution in [0, 0.1) is 12.8 Å². The second-order valence-electron chi connectivity index (χ2n) is 6.51. The van der Waals surface area contributed by atoms with Gasteiger partial charge >= 0.3 is 0 Å².